The maximum atomic E-state index is 5.39. The molecule has 0 radical (unpaired) electrons. The van der Waals surface area contributed by atoms with Crippen LogP contribution in [-0.4, -0.2) is 48.2 Å². The molecular weight excluding hydrogens is 1400 g/mol. The molecule has 22 aromatic rings. The highest BCUT2D eigenvalue weighted by atomic mass is 15.1. The summed E-state index contributed by atoms with van der Waals surface area (Å²) in [6.07, 6.45) is 0. The molecule has 0 amide bonds. The normalized spacial score (nSPS) is 12.5. The summed E-state index contributed by atoms with van der Waals surface area (Å²) in [5.41, 5.74) is 27.8. The second-order valence-corrected chi connectivity index (χ2v) is 30.6. The van der Waals surface area contributed by atoms with Gasteiger partial charge in [-0.3, -0.25) is 0 Å². The number of hydrogen-bond donors (Lipinski definition) is 0. The third-order valence-electron chi connectivity index (χ3n) is 23.7. The lowest BCUT2D eigenvalue weighted by Gasteiger charge is -2.21. The fourth-order valence-electron chi connectivity index (χ4n) is 18.2. The van der Waals surface area contributed by atoms with Crippen molar-refractivity contribution in [1.29, 1.82) is 0 Å². The molecule has 0 N–H and O–H groups in total. The van der Waals surface area contributed by atoms with E-state index in [9.17, 15) is 0 Å². The largest absolute Gasteiger partial charge is 0.309 e. The lowest BCUT2D eigenvalue weighted by atomic mass is 9.82. The first-order valence-electron chi connectivity index (χ1n) is 39.1. The minimum atomic E-state index is -0.189. The summed E-state index contributed by atoms with van der Waals surface area (Å²) in [4.78, 5) is 31.9. The summed E-state index contributed by atoms with van der Waals surface area (Å²) >= 11 is 0. The molecule has 10 heteroatoms. The van der Waals surface area contributed by atoms with Crippen molar-refractivity contribution in [3.8, 4) is 124 Å². The predicted molar refractivity (Wildman–Crippen MR) is 472 cm³/mol. The van der Waals surface area contributed by atoms with Crippen molar-refractivity contribution in [1.82, 2.24) is 48.2 Å². The second-order valence-electron chi connectivity index (χ2n) is 30.6. The number of fused-ring (bicyclic) bond motifs is 15. The van der Waals surface area contributed by atoms with Gasteiger partial charge in [0.25, 0.3) is 0 Å². The maximum Gasteiger partial charge on any atom is 0.164 e. The van der Waals surface area contributed by atoms with E-state index in [4.69, 9.17) is 29.9 Å². The molecule has 538 valence electrons. The molecule has 0 fully saturated rings. The average Bonchev–Trinajstić information content (AvgIpc) is 1.57. The van der Waals surface area contributed by atoms with Gasteiger partial charge < -0.3 is 18.3 Å². The van der Waals surface area contributed by atoms with Gasteiger partial charge >= 0.3 is 0 Å². The van der Waals surface area contributed by atoms with Crippen LogP contribution in [-0.2, 0) is 5.41 Å². The highest BCUT2D eigenvalue weighted by molar-refractivity contribution is 6.21. The number of hydrogen-bond acceptors (Lipinski definition) is 6. The zero-order valence-corrected chi connectivity index (χ0v) is 62.8. The molecule has 1 aliphatic rings. The summed E-state index contributed by atoms with van der Waals surface area (Å²) in [6.45, 7) is 4.62. The van der Waals surface area contributed by atoms with Crippen LogP contribution in [0.15, 0.2) is 376 Å². The Bertz CT molecular complexity index is 7710. The molecule has 0 atom stereocenters. The van der Waals surface area contributed by atoms with Gasteiger partial charge in [0.1, 0.15) is 0 Å². The van der Waals surface area contributed by atoms with Gasteiger partial charge in [-0.15, -0.1) is 0 Å². The van der Waals surface area contributed by atoms with Crippen molar-refractivity contribution >= 4 is 87.2 Å². The number of rotatable bonds is 12. The van der Waals surface area contributed by atoms with Gasteiger partial charge in [0, 0.05) is 105 Å². The van der Waals surface area contributed by atoms with Crippen LogP contribution in [0.3, 0.4) is 0 Å². The van der Waals surface area contributed by atoms with Gasteiger partial charge in [0.05, 0.1) is 44.1 Å². The first-order valence-corrected chi connectivity index (χ1v) is 39.1. The number of nitrogens with zero attached hydrogens (tertiary/aromatic N) is 10. The smallest absolute Gasteiger partial charge is 0.164 e. The van der Waals surface area contributed by atoms with Gasteiger partial charge in [0.2, 0.25) is 0 Å². The van der Waals surface area contributed by atoms with Crippen molar-refractivity contribution in [2.24, 2.45) is 0 Å². The molecule has 0 bridgehead atoms. The van der Waals surface area contributed by atoms with Crippen LogP contribution in [0.4, 0.5) is 0 Å². The van der Waals surface area contributed by atoms with Crippen LogP contribution >= 0.6 is 0 Å². The standard InChI is InChI=1S/C105H68N10/c1-105(2)88-43-19-15-41-81(88)98-82(42-25-44-89(98)105)104-110-100(67-30-11-5-12-31-67)107-102(111-104)69-50-55-76(56-51-69)114-93-57-52-72(60-83(93)87-62-86-79-39-16-20-45-90(79)112(94(86)64-97(87)114)74-35-13-6-14-36-74)70-32-23-34-73(58-70)103-108-99(66-28-9-4-10-29-66)106-101(109-103)68-48-53-75(54-49-68)113-91-46-21-17-38-78(91)84-61-85-80-40-18-22-47-92(80)115(96(85)63-95(84)113)77-37-24-33-71(59-77)65-26-7-3-8-27-65/h3-64H,1-2H3. The van der Waals surface area contributed by atoms with Crippen molar-refractivity contribution in [3.63, 3.8) is 0 Å². The average molecular weight is 1470 g/mol. The van der Waals surface area contributed by atoms with E-state index in [-0.39, 0.29) is 5.41 Å². The topological polar surface area (TPSA) is 97.1 Å². The summed E-state index contributed by atoms with van der Waals surface area (Å²) in [5.74, 6) is 3.60. The molecule has 16 aromatic carbocycles. The van der Waals surface area contributed by atoms with E-state index in [1.165, 1.54) is 65.7 Å². The molecule has 6 heterocycles. The first-order chi connectivity index (χ1) is 56.8. The SMILES string of the molecule is CC1(C)c2ccccc2-c2c(-c3nc(-c4ccccc4)nc(-c4ccc(-n5c6ccc(-c7cccc(-c8nc(-c9ccccc9)nc(-c9ccc(-n%10c%11ccccc%11c%11cc%12c%13ccccc%13n(-c%13cccc(-c%14ccccc%14)c%13)c%12cc%11%10)cc9)n8)c7)cc6c6cc7c8ccccc8n(-c8ccccc8)c7cc65)cc4)n3)cccc21. The Labute approximate surface area is 662 Å². The highest BCUT2D eigenvalue weighted by Crippen LogP contribution is 2.52. The summed E-state index contributed by atoms with van der Waals surface area (Å²) < 4.78 is 9.64. The minimum Gasteiger partial charge on any atom is -0.309 e. The van der Waals surface area contributed by atoms with Crippen molar-refractivity contribution in [3.05, 3.63) is 387 Å². The van der Waals surface area contributed by atoms with Crippen molar-refractivity contribution in [2.45, 2.75) is 19.3 Å². The molecule has 115 heavy (non-hydrogen) atoms. The van der Waals surface area contributed by atoms with Crippen LogP contribution in [0, 0.1) is 0 Å². The first kappa shape index (κ1) is 65.6. The van der Waals surface area contributed by atoms with Crippen molar-refractivity contribution in [2.75, 3.05) is 0 Å². The van der Waals surface area contributed by atoms with E-state index in [0.29, 0.717) is 34.9 Å². The van der Waals surface area contributed by atoms with E-state index < -0.39 is 0 Å². The molecule has 6 aromatic heterocycles. The van der Waals surface area contributed by atoms with Crippen LogP contribution in [0.1, 0.15) is 25.0 Å². The van der Waals surface area contributed by atoms with E-state index >= 15 is 0 Å². The van der Waals surface area contributed by atoms with E-state index in [1.54, 1.807) is 0 Å². The van der Waals surface area contributed by atoms with Crippen molar-refractivity contribution < 1.29 is 0 Å². The Morgan fingerprint density at radius 1 is 0.183 bits per heavy atom. The third-order valence-corrected chi connectivity index (χ3v) is 23.7. The number of benzene rings is 16. The van der Waals surface area contributed by atoms with Gasteiger partial charge in [-0.25, -0.2) is 29.9 Å². The van der Waals surface area contributed by atoms with E-state index in [1.807, 2.05) is 36.4 Å². The fraction of sp³-hybridized carbons (Fsp3) is 0.0286. The van der Waals surface area contributed by atoms with Gasteiger partial charge in [0.15, 0.2) is 34.9 Å². The van der Waals surface area contributed by atoms with Crippen LogP contribution in [0.2, 0.25) is 0 Å². The zero-order chi connectivity index (χ0) is 76.0. The zero-order valence-electron chi connectivity index (χ0n) is 62.8. The van der Waals surface area contributed by atoms with Gasteiger partial charge in [-0.1, -0.05) is 257 Å². The third kappa shape index (κ3) is 10.6. The molecule has 0 saturated carbocycles. The molecule has 0 spiro atoms. The molecule has 10 nitrogen and oxygen atoms in total. The lowest BCUT2D eigenvalue weighted by Crippen LogP contribution is -2.14. The summed E-state index contributed by atoms with van der Waals surface area (Å²) in [6, 6.07) is 135. The van der Waals surface area contributed by atoms with E-state index in [0.717, 1.165) is 122 Å². The maximum absolute atomic E-state index is 5.39. The lowest BCUT2D eigenvalue weighted by molar-refractivity contribution is 0.660. The van der Waals surface area contributed by atoms with Crippen LogP contribution in [0.5, 0.6) is 0 Å². The minimum absolute atomic E-state index is 0.189. The Morgan fingerprint density at radius 3 is 1.03 bits per heavy atom. The number of para-hydroxylation sites is 4. The van der Waals surface area contributed by atoms with Gasteiger partial charge in [-0.05, 0) is 178 Å². The molecule has 0 aliphatic heterocycles. The molecule has 0 unspecified atom stereocenters. The predicted octanol–water partition coefficient (Wildman–Crippen LogP) is 26.1. The second kappa shape index (κ2) is 25.9. The molecule has 0 saturated heterocycles. The number of aromatic nitrogens is 10. The van der Waals surface area contributed by atoms with Crippen LogP contribution in [0.25, 0.3) is 212 Å². The summed E-state index contributed by atoms with van der Waals surface area (Å²) in [5, 5.41) is 9.42. The highest BCUT2D eigenvalue weighted by Gasteiger charge is 2.37. The van der Waals surface area contributed by atoms with Crippen LogP contribution < -0.4 is 0 Å². The van der Waals surface area contributed by atoms with Gasteiger partial charge in [-0.2, -0.15) is 0 Å². The quantitative estimate of drug-likeness (QED) is 0.121. The Kier molecular flexibility index (Phi) is 14.8. The molecule has 1 aliphatic carbocycles. The monoisotopic (exact) mass is 1470 g/mol. The molecular formula is C105H68N10. The molecule has 23 rings (SSSR count). The Hall–Kier alpha value is -15.3. The summed E-state index contributed by atoms with van der Waals surface area (Å²) in [7, 11) is 0. The Balaban J connectivity index is 0.639. The fourth-order valence-corrected chi connectivity index (χ4v) is 18.2. The van der Waals surface area contributed by atoms with E-state index in [2.05, 4.69) is 372 Å². The Morgan fingerprint density at radius 2 is 0.504 bits per heavy atom.